The van der Waals surface area contributed by atoms with Gasteiger partial charge in [0.1, 0.15) is 11.5 Å². The highest BCUT2D eigenvalue weighted by Crippen LogP contribution is 2.20. The lowest BCUT2D eigenvalue weighted by atomic mass is 10.1. The molecule has 5 nitrogen and oxygen atoms in total. The Kier molecular flexibility index (Phi) is 5.49. The zero-order valence-corrected chi connectivity index (χ0v) is 14.8. The van der Waals surface area contributed by atoms with Crippen LogP contribution >= 0.6 is 0 Å². The van der Waals surface area contributed by atoms with E-state index in [1.165, 1.54) is 0 Å². The van der Waals surface area contributed by atoms with E-state index in [2.05, 4.69) is 15.6 Å². The summed E-state index contributed by atoms with van der Waals surface area (Å²) in [6, 6.07) is 16.9. The average molecular weight is 347 g/mol. The second kappa shape index (κ2) is 8.16. The summed E-state index contributed by atoms with van der Waals surface area (Å²) in [5, 5.41) is 5.75. The van der Waals surface area contributed by atoms with E-state index in [9.17, 15) is 4.79 Å². The molecule has 0 aliphatic rings. The lowest BCUT2D eigenvalue weighted by molar-refractivity contribution is 0.251. The Morgan fingerprint density at radius 2 is 1.65 bits per heavy atom. The molecule has 0 aliphatic heterocycles. The van der Waals surface area contributed by atoms with Gasteiger partial charge in [-0.05, 0) is 60.9 Å². The maximum atomic E-state index is 12.1. The minimum Gasteiger partial charge on any atom is -0.457 e. The van der Waals surface area contributed by atoms with E-state index in [0.29, 0.717) is 6.54 Å². The summed E-state index contributed by atoms with van der Waals surface area (Å²) in [7, 11) is 0. The van der Waals surface area contributed by atoms with Crippen LogP contribution in [-0.4, -0.2) is 11.0 Å². The van der Waals surface area contributed by atoms with Crippen LogP contribution in [0.3, 0.4) is 0 Å². The van der Waals surface area contributed by atoms with Crippen molar-refractivity contribution < 1.29 is 9.53 Å². The third-order valence-electron chi connectivity index (χ3n) is 3.90. The van der Waals surface area contributed by atoms with Gasteiger partial charge < -0.3 is 15.4 Å². The first-order valence-corrected chi connectivity index (χ1v) is 8.39. The Morgan fingerprint density at radius 1 is 0.962 bits per heavy atom. The van der Waals surface area contributed by atoms with Crippen molar-refractivity contribution >= 4 is 11.7 Å². The number of ether oxygens (including phenoxy) is 1. The predicted molar refractivity (Wildman–Crippen MR) is 103 cm³/mol. The summed E-state index contributed by atoms with van der Waals surface area (Å²) in [4.78, 5) is 16.1. The molecule has 0 aliphatic carbocycles. The van der Waals surface area contributed by atoms with Gasteiger partial charge in [-0.15, -0.1) is 0 Å². The van der Waals surface area contributed by atoms with Crippen molar-refractivity contribution in [1.82, 2.24) is 10.3 Å². The van der Waals surface area contributed by atoms with Gasteiger partial charge in [-0.2, -0.15) is 0 Å². The maximum absolute atomic E-state index is 12.1. The SMILES string of the molecule is Cc1ccc(C)c(NC(=O)NCc2ccc(Oc3ccncc3)cc2)c1. The smallest absolute Gasteiger partial charge is 0.319 e. The molecular formula is C21H21N3O2. The van der Waals surface area contributed by atoms with E-state index >= 15 is 0 Å². The van der Waals surface area contributed by atoms with Crippen LogP contribution < -0.4 is 15.4 Å². The van der Waals surface area contributed by atoms with Crippen molar-refractivity contribution in [2.45, 2.75) is 20.4 Å². The van der Waals surface area contributed by atoms with Crippen LogP contribution in [-0.2, 0) is 6.54 Å². The van der Waals surface area contributed by atoms with Gasteiger partial charge in [0.2, 0.25) is 0 Å². The predicted octanol–water partition coefficient (Wildman–Crippen LogP) is 4.81. The van der Waals surface area contributed by atoms with E-state index < -0.39 is 0 Å². The number of urea groups is 1. The number of aromatic nitrogens is 1. The second-order valence-electron chi connectivity index (χ2n) is 6.05. The first-order chi connectivity index (χ1) is 12.6. The number of nitrogens with one attached hydrogen (secondary N) is 2. The van der Waals surface area contributed by atoms with Gasteiger partial charge in [0.05, 0.1) is 0 Å². The molecule has 2 aromatic carbocycles. The van der Waals surface area contributed by atoms with Crippen molar-refractivity contribution in [2.75, 3.05) is 5.32 Å². The molecule has 0 saturated heterocycles. The highest BCUT2D eigenvalue weighted by Gasteiger charge is 2.05. The van der Waals surface area contributed by atoms with E-state index in [1.807, 2.05) is 56.3 Å². The fourth-order valence-corrected chi connectivity index (χ4v) is 2.44. The molecule has 2 N–H and O–H groups in total. The van der Waals surface area contributed by atoms with Gasteiger partial charge in [0.25, 0.3) is 0 Å². The van der Waals surface area contributed by atoms with Crippen molar-refractivity contribution in [3.8, 4) is 11.5 Å². The second-order valence-corrected chi connectivity index (χ2v) is 6.05. The lowest BCUT2D eigenvalue weighted by Crippen LogP contribution is -2.28. The number of benzene rings is 2. The monoisotopic (exact) mass is 347 g/mol. The fraction of sp³-hybridized carbons (Fsp3) is 0.143. The van der Waals surface area contributed by atoms with Crippen LogP contribution in [0, 0.1) is 13.8 Å². The van der Waals surface area contributed by atoms with Crippen LogP contribution in [0.25, 0.3) is 0 Å². The number of amides is 2. The van der Waals surface area contributed by atoms with E-state index in [0.717, 1.165) is 33.9 Å². The topological polar surface area (TPSA) is 63.2 Å². The molecule has 3 rings (SSSR count). The van der Waals surface area contributed by atoms with Crippen molar-refractivity contribution in [3.05, 3.63) is 83.7 Å². The van der Waals surface area contributed by atoms with Gasteiger partial charge in [-0.25, -0.2) is 4.79 Å². The summed E-state index contributed by atoms with van der Waals surface area (Å²) in [5.74, 6) is 1.47. The molecule has 0 atom stereocenters. The summed E-state index contributed by atoms with van der Waals surface area (Å²) in [5.41, 5.74) is 3.95. The molecular weight excluding hydrogens is 326 g/mol. The quantitative estimate of drug-likeness (QED) is 0.696. The Morgan fingerprint density at radius 3 is 2.38 bits per heavy atom. The zero-order chi connectivity index (χ0) is 18.4. The third kappa shape index (κ3) is 4.83. The standard InChI is InChI=1S/C21H21N3O2/c1-15-3-4-16(2)20(13-15)24-21(25)23-14-17-5-7-18(8-6-17)26-19-9-11-22-12-10-19/h3-13H,14H2,1-2H3,(H2,23,24,25). The zero-order valence-electron chi connectivity index (χ0n) is 14.8. The van der Waals surface area contributed by atoms with E-state index in [-0.39, 0.29) is 6.03 Å². The maximum Gasteiger partial charge on any atom is 0.319 e. The summed E-state index contributed by atoms with van der Waals surface area (Å²) in [6.45, 7) is 4.40. The Balaban J connectivity index is 1.53. The molecule has 5 heteroatoms. The molecule has 0 fully saturated rings. The van der Waals surface area contributed by atoms with Crippen molar-refractivity contribution in [3.63, 3.8) is 0 Å². The summed E-state index contributed by atoms with van der Waals surface area (Å²) < 4.78 is 5.72. The molecule has 0 saturated carbocycles. The molecule has 132 valence electrons. The average Bonchev–Trinajstić information content (AvgIpc) is 2.65. The number of rotatable bonds is 5. The number of pyridine rings is 1. The van der Waals surface area contributed by atoms with Crippen LogP contribution in [0.15, 0.2) is 67.0 Å². The molecule has 1 aromatic heterocycles. The minimum atomic E-state index is -0.226. The van der Waals surface area contributed by atoms with Gasteiger partial charge in [-0.3, -0.25) is 4.98 Å². The summed E-state index contributed by atoms with van der Waals surface area (Å²) in [6.07, 6.45) is 3.37. The molecule has 26 heavy (non-hydrogen) atoms. The summed E-state index contributed by atoms with van der Waals surface area (Å²) >= 11 is 0. The first kappa shape index (κ1) is 17.5. The molecule has 0 spiro atoms. The van der Waals surface area contributed by atoms with Gasteiger partial charge in [-0.1, -0.05) is 24.3 Å². The van der Waals surface area contributed by atoms with Gasteiger partial charge in [0.15, 0.2) is 0 Å². The van der Waals surface area contributed by atoms with Gasteiger partial charge in [0, 0.05) is 24.6 Å². The molecule has 2 amide bonds. The highest BCUT2D eigenvalue weighted by molar-refractivity contribution is 5.90. The van der Waals surface area contributed by atoms with E-state index in [4.69, 9.17) is 4.74 Å². The van der Waals surface area contributed by atoms with Crippen LogP contribution in [0.2, 0.25) is 0 Å². The molecule has 0 bridgehead atoms. The number of carbonyl (C=O) groups excluding carboxylic acids is 1. The minimum absolute atomic E-state index is 0.226. The largest absolute Gasteiger partial charge is 0.457 e. The molecule has 3 aromatic rings. The molecule has 1 heterocycles. The molecule has 0 radical (unpaired) electrons. The lowest BCUT2D eigenvalue weighted by Gasteiger charge is -2.11. The first-order valence-electron chi connectivity index (χ1n) is 8.39. The number of hydrogen-bond donors (Lipinski definition) is 2. The van der Waals surface area contributed by atoms with Crippen LogP contribution in [0.1, 0.15) is 16.7 Å². The Labute approximate surface area is 153 Å². The number of aryl methyl sites for hydroxylation is 2. The normalized spacial score (nSPS) is 10.2. The van der Waals surface area contributed by atoms with Crippen molar-refractivity contribution in [2.24, 2.45) is 0 Å². The number of nitrogens with zero attached hydrogens (tertiary/aromatic N) is 1. The van der Waals surface area contributed by atoms with Crippen LogP contribution in [0.5, 0.6) is 11.5 Å². The van der Waals surface area contributed by atoms with E-state index in [1.54, 1.807) is 24.5 Å². The van der Waals surface area contributed by atoms with Crippen molar-refractivity contribution in [1.29, 1.82) is 0 Å². The third-order valence-corrected chi connectivity index (χ3v) is 3.90. The number of carbonyl (C=O) groups is 1. The Bertz CT molecular complexity index is 878. The fourth-order valence-electron chi connectivity index (χ4n) is 2.44. The van der Waals surface area contributed by atoms with Gasteiger partial charge >= 0.3 is 6.03 Å². The van der Waals surface area contributed by atoms with Crippen LogP contribution in [0.4, 0.5) is 10.5 Å². The number of anilines is 1. The highest BCUT2D eigenvalue weighted by atomic mass is 16.5. The number of hydrogen-bond acceptors (Lipinski definition) is 3. The Hall–Kier alpha value is -3.34. The molecule has 0 unspecified atom stereocenters.